The molecule has 0 spiro atoms. The van der Waals surface area contributed by atoms with Gasteiger partial charge in [-0.3, -0.25) is 9.97 Å². The molecule has 1 aliphatic carbocycles. The number of benzene rings is 5. The molecule has 0 radical (unpaired) electrons. The first-order valence-electron chi connectivity index (χ1n) is 13.8. The Balaban J connectivity index is 1.39. The zero-order valence-electron chi connectivity index (χ0n) is 22.3. The van der Waals surface area contributed by atoms with Crippen LogP contribution in [0.25, 0.3) is 55.3 Å². The van der Waals surface area contributed by atoms with E-state index in [1.165, 1.54) is 44.2 Å². The fraction of sp³-hybridized carbons (Fsp3) is 0. The second-order valence-electron chi connectivity index (χ2n) is 10.3. The zero-order chi connectivity index (χ0) is 27.2. The maximum atomic E-state index is 4.53. The number of pyridine rings is 2. The zero-order valence-corrected chi connectivity index (χ0v) is 22.3. The standard InChI is InChI=1S/C38H25N3/c1-3-8-26(9-4-1)27-14-16-29(17-15-27)41(28-10-5-2-6-11-28)37-19-18-33-36-25-40-23-21-31(36)30-20-22-39-24-35(30)32-12-7-13-34(37)38(32)33/h1-25H. The number of fused-ring (bicyclic) bond motifs is 5. The van der Waals surface area contributed by atoms with Gasteiger partial charge in [0.2, 0.25) is 0 Å². The molecule has 1 aliphatic rings. The number of anilines is 3. The molecule has 3 nitrogen and oxygen atoms in total. The first-order chi connectivity index (χ1) is 20.4. The molecule has 192 valence electrons. The first-order valence-corrected chi connectivity index (χ1v) is 13.8. The Morgan fingerprint density at radius 1 is 0.390 bits per heavy atom. The van der Waals surface area contributed by atoms with Gasteiger partial charge in [-0.15, -0.1) is 0 Å². The lowest BCUT2D eigenvalue weighted by Gasteiger charge is -2.28. The number of hydrogen-bond donors (Lipinski definition) is 0. The lowest BCUT2D eigenvalue weighted by molar-refractivity contribution is 1.30. The molecule has 0 amide bonds. The van der Waals surface area contributed by atoms with Crippen LogP contribution < -0.4 is 4.90 Å². The van der Waals surface area contributed by atoms with Crippen LogP contribution in [0.5, 0.6) is 0 Å². The Morgan fingerprint density at radius 2 is 0.976 bits per heavy atom. The van der Waals surface area contributed by atoms with Crippen LogP contribution >= 0.6 is 0 Å². The van der Waals surface area contributed by atoms with Crippen molar-refractivity contribution < 1.29 is 0 Å². The van der Waals surface area contributed by atoms with Crippen molar-refractivity contribution in [3.8, 4) is 44.5 Å². The number of para-hydroxylation sites is 1. The Hall–Kier alpha value is -5.54. The third-order valence-electron chi connectivity index (χ3n) is 8.02. The summed E-state index contributed by atoms with van der Waals surface area (Å²) in [7, 11) is 0. The minimum Gasteiger partial charge on any atom is -0.310 e. The van der Waals surface area contributed by atoms with Crippen molar-refractivity contribution in [2.24, 2.45) is 0 Å². The normalized spacial score (nSPS) is 11.4. The fourth-order valence-corrected chi connectivity index (χ4v) is 6.16. The molecule has 0 saturated carbocycles. The van der Waals surface area contributed by atoms with Gasteiger partial charge in [0, 0.05) is 52.7 Å². The number of aromatic nitrogens is 2. The molecule has 0 bridgehead atoms. The summed E-state index contributed by atoms with van der Waals surface area (Å²) in [5.74, 6) is 0. The summed E-state index contributed by atoms with van der Waals surface area (Å²) < 4.78 is 0. The molecule has 2 heterocycles. The van der Waals surface area contributed by atoms with Crippen LogP contribution in [0, 0.1) is 0 Å². The van der Waals surface area contributed by atoms with E-state index in [1.807, 2.05) is 24.8 Å². The second-order valence-corrected chi connectivity index (χ2v) is 10.3. The maximum Gasteiger partial charge on any atom is 0.0540 e. The molecule has 7 aromatic rings. The van der Waals surface area contributed by atoms with Crippen LogP contribution in [-0.4, -0.2) is 9.97 Å². The van der Waals surface area contributed by atoms with E-state index in [1.54, 1.807) is 0 Å². The summed E-state index contributed by atoms with van der Waals surface area (Å²) in [5, 5.41) is 2.40. The lowest BCUT2D eigenvalue weighted by Crippen LogP contribution is -2.10. The van der Waals surface area contributed by atoms with E-state index in [9.17, 15) is 0 Å². The molecule has 0 saturated heterocycles. The Bertz CT molecular complexity index is 1980. The summed E-state index contributed by atoms with van der Waals surface area (Å²) in [5.41, 5.74) is 12.8. The Kier molecular flexibility index (Phi) is 5.46. The van der Waals surface area contributed by atoms with Crippen LogP contribution in [0.4, 0.5) is 17.1 Å². The molecule has 41 heavy (non-hydrogen) atoms. The lowest BCUT2D eigenvalue weighted by atomic mass is 9.93. The topological polar surface area (TPSA) is 29.0 Å². The summed E-state index contributed by atoms with van der Waals surface area (Å²) in [6.45, 7) is 0. The monoisotopic (exact) mass is 523 g/mol. The maximum absolute atomic E-state index is 4.53. The molecule has 0 aliphatic heterocycles. The summed E-state index contributed by atoms with van der Waals surface area (Å²) >= 11 is 0. The van der Waals surface area contributed by atoms with Gasteiger partial charge in [-0.1, -0.05) is 84.9 Å². The molecular formula is C38H25N3. The van der Waals surface area contributed by atoms with E-state index in [2.05, 4.69) is 142 Å². The van der Waals surface area contributed by atoms with Gasteiger partial charge in [-0.05, 0) is 81.2 Å². The average Bonchev–Trinajstić information content (AvgIpc) is 3.17. The van der Waals surface area contributed by atoms with Crippen LogP contribution in [-0.2, 0) is 0 Å². The van der Waals surface area contributed by atoms with E-state index < -0.39 is 0 Å². The highest BCUT2D eigenvalue weighted by Crippen LogP contribution is 2.50. The van der Waals surface area contributed by atoms with E-state index in [4.69, 9.17) is 0 Å². The highest BCUT2D eigenvalue weighted by molar-refractivity contribution is 6.17. The Labute approximate surface area is 239 Å². The molecule has 3 heteroatoms. The first kappa shape index (κ1) is 23.4. The smallest absolute Gasteiger partial charge is 0.0540 e. The fourth-order valence-electron chi connectivity index (χ4n) is 6.16. The number of hydrogen-bond acceptors (Lipinski definition) is 3. The van der Waals surface area contributed by atoms with Gasteiger partial charge in [-0.2, -0.15) is 0 Å². The van der Waals surface area contributed by atoms with Gasteiger partial charge in [-0.25, -0.2) is 0 Å². The van der Waals surface area contributed by atoms with Crippen LogP contribution in [0.3, 0.4) is 0 Å². The van der Waals surface area contributed by atoms with Crippen molar-refractivity contribution in [3.05, 3.63) is 152 Å². The van der Waals surface area contributed by atoms with E-state index >= 15 is 0 Å². The van der Waals surface area contributed by atoms with Gasteiger partial charge >= 0.3 is 0 Å². The van der Waals surface area contributed by atoms with E-state index in [0.717, 1.165) is 28.2 Å². The van der Waals surface area contributed by atoms with Gasteiger partial charge < -0.3 is 4.90 Å². The quantitative estimate of drug-likeness (QED) is 0.230. The van der Waals surface area contributed by atoms with E-state index in [0.29, 0.717) is 0 Å². The van der Waals surface area contributed by atoms with Crippen LogP contribution in [0.1, 0.15) is 0 Å². The van der Waals surface area contributed by atoms with Crippen molar-refractivity contribution in [1.29, 1.82) is 0 Å². The van der Waals surface area contributed by atoms with Crippen molar-refractivity contribution in [1.82, 2.24) is 9.97 Å². The average molecular weight is 524 g/mol. The van der Waals surface area contributed by atoms with Crippen molar-refractivity contribution >= 4 is 27.8 Å². The predicted molar refractivity (Wildman–Crippen MR) is 170 cm³/mol. The van der Waals surface area contributed by atoms with Gasteiger partial charge in [0.25, 0.3) is 0 Å². The minimum absolute atomic E-state index is 1.11. The number of nitrogens with zero attached hydrogens (tertiary/aromatic N) is 3. The van der Waals surface area contributed by atoms with Crippen molar-refractivity contribution in [2.75, 3.05) is 4.90 Å². The molecule has 8 rings (SSSR count). The summed E-state index contributed by atoms with van der Waals surface area (Å²) in [6.07, 6.45) is 7.74. The largest absolute Gasteiger partial charge is 0.310 e. The van der Waals surface area contributed by atoms with Crippen molar-refractivity contribution in [2.45, 2.75) is 0 Å². The molecule has 0 fully saturated rings. The third kappa shape index (κ3) is 3.82. The SMILES string of the molecule is c1ccc(-c2ccc(N(c3ccccc3)c3ccc4c5c(cccc35)-c3cnccc3-c3ccncc3-4)cc2)cc1. The second kappa shape index (κ2) is 9.58. The van der Waals surface area contributed by atoms with Gasteiger partial charge in [0.05, 0.1) is 5.69 Å². The van der Waals surface area contributed by atoms with Crippen molar-refractivity contribution in [3.63, 3.8) is 0 Å². The molecular weight excluding hydrogens is 498 g/mol. The van der Waals surface area contributed by atoms with Gasteiger partial charge in [0.15, 0.2) is 0 Å². The van der Waals surface area contributed by atoms with Gasteiger partial charge in [0.1, 0.15) is 0 Å². The molecule has 0 unspecified atom stereocenters. The minimum atomic E-state index is 1.11. The molecule has 0 atom stereocenters. The summed E-state index contributed by atoms with van der Waals surface area (Å²) in [4.78, 5) is 11.4. The highest BCUT2D eigenvalue weighted by Gasteiger charge is 2.24. The molecule has 5 aromatic carbocycles. The number of rotatable bonds is 4. The Morgan fingerprint density at radius 3 is 1.66 bits per heavy atom. The van der Waals surface area contributed by atoms with Crippen LogP contribution in [0.15, 0.2) is 152 Å². The van der Waals surface area contributed by atoms with E-state index in [-0.39, 0.29) is 0 Å². The summed E-state index contributed by atoms with van der Waals surface area (Å²) in [6, 6.07) is 45.3. The molecule has 0 N–H and O–H groups in total. The van der Waals surface area contributed by atoms with Crippen LogP contribution in [0.2, 0.25) is 0 Å². The highest BCUT2D eigenvalue weighted by atomic mass is 15.1. The molecule has 2 aromatic heterocycles. The predicted octanol–water partition coefficient (Wildman–Crippen LogP) is 10.1. The third-order valence-corrected chi connectivity index (χ3v) is 8.02.